The first kappa shape index (κ1) is 21.3. The first-order valence-electron chi connectivity index (χ1n) is 9.79. The monoisotopic (exact) mass is 399 g/mol. The van der Waals surface area contributed by atoms with Crippen LogP contribution in [-0.2, 0) is 6.54 Å². The van der Waals surface area contributed by atoms with Crippen molar-refractivity contribution in [1.29, 1.82) is 0 Å². The fourth-order valence-corrected chi connectivity index (χ4v) is 4.08. The molecule has 1 atom stereocenters. The minimum absolute atomic E-state index is 0.283. The molecule has 1 heterocycles. The second-order valence-electron chi connectivity index (χ2n) is 7.42. The molecule has 29 heavy (non-hydrogen) atoms. The molecule has 1 unspecified atom stereocenters. The molecule has 0 fully saturated rings. The Bertz CT molecular complexity index is 961. The number of hydrogen-bond acceptors (Lipinski definition) is 3. The zero-order valence-corrected chi connectivity index (χ0v) is 18.2. The van der Waals surface area contributed by atoms with Gasteiger partial charge in [-0.1, -0.05) is 66.1 Å². The molecule has 0 radical (unpaired) electrons. The predicted octanol–water partition coefficient (Wildman–Crippen LogP) is 4.06. The lowest BCUT2D eigenvalue weighted by Gasteiger charge is -2.29. The van der Waals surface area contributed by atoms with E-state index >= 15 is 0 Å². The van der Waals surface area contributed by atoms with Crippen molar-refractivity contribution >= 4 is 20.4 Å². The van der Waals surface area contributed by atoms with E-state index in [0.29, 0.717) is 0 Å². The molecule has 2 aromatic carbocycles. The van der Waals surface area contributed by atoms with Gasteiger partial charge in [-0.25, -0.2) is 0 Å². The van der Waals surface area contributed by atoms with Crippen LogP contribution >= 0.6 is 8.07 Å². The maximum atomic E-state index is 6.21. The van der Waals surface area contributed by atoms with Crippen molar-refractivity contribution in [2.45, 2.75) is 20.3 Å². The second kappa shape index (κ2) is 10.4. The zero-order valence-electron chi connectivity index (χ0n) is 17.3. The minimum Gasteiger partial charge on any atom is -0.329 e. The van der Waals surface area contributed by atoms with Gasteiger partial charge in [0, 0.05) is 36.4 Å². The Morgan fingerprint density at radius 2 is 1.69 bits per heavy atom. The molecule has 0 saturated heterocycles. The highest BCUT2D eigenvalue weighted by molar-refractivity contribution is 7.54. The van der Waals surface area contributed by atoms with Gasteiger partial charge in [0.2, 0.25) is 0 Å². The van der Waals surface area contributed by atoms with Crippen molar-refractivity contribution in [3.05, 3.63) is 95.3 Å². The Labute approximate surface area is 176 Å². The van der Waals surface area contributed by atoms with Crippen molar-refractivity contribution in [2.75, 3.05) is 13.0 Å². The number of rotatable bonds is 6. The minimum atomic E-state index is -0.505. The molecule has 0 aliphatic heterocycles. The van der Waals surface area contributed by atoms with Gasteiger partial charge in [-0.05, 0) is 51.5 Å². The van der Waals surface area contributed by atoms with Gasteiger partial charge in [0.1, 0.15) is 0 Å². The van der Waals surface area contributed by atoms with Crippen LogP contribution in [0.1, 0.15) is 22.3 Å². The third kappa shape index (κ3) is 6.55. The Balaban J connectivity index is 1.74. The molecule has 1 aromatic heterocycles. The molecular formula is C24H27BN3P. The summed E-state index contributed by atoms with van der Waals surface area (Å²) in [5.74, 6) is 6.37. The van der Waals surface area contributed by atoms with Crippen LogP contribution < -0.4 is 11.0 Å². The fourth-order valence-electron chi connectivity index (χ4n) is 3.16. The first-order valence-corrected chi connectivity index (χ1v) is 11.8. The number of hydrogen-bond donors (Lipinski definition) is 1. The molecule has 0 aliphatic carbocycles. The van der Waals surface area contributed by atoms with E-state index in [1.807, 2.05) is 12.1 Å². The van der Waals surface area contributed by atoms with Crippen LogP contribution in [0.15, 0.2) is 73.1 Å². The quantitative estimate of drug-likeness (QED) is 0.386. The number of benzene rings is 2. The number of pyridine rings is 1. The number of aryl methyl sites for hydroxylation is 1. The lowest BCUT2D eigenvalue weighted by atomic mass is 9.56. The lowest BCUT2D eigenvalue weighted by Crippen LogP contribution is -2.45. The average molecular weight is 399 g/mol. The van der Waals surface area contributed by atoms with Gasteiger partial charge in [-0.15, -0.1) is 0 Å². The van der Waals surface area contributed by atoms with Crippen molar-refractivity contribution in [2.24, 2.45) is 5.50 Å². The molecule has 146 valence electrons. The van der Waals surface area contributed by atoms with E-state index < -0.39 is 8.07 Å². The predicted molar refractivity (Wildman–Crippen MR) is 127 cm³/mol. The van der Waals surface area contributed by atoms with Gasteiger partial charge in [0.05, 0.1) is 0 Å². The highest BCUT2D eigenvalue weighted by atomic mass is 31.1. The molecule has 3 rings (SSSR count). The van der Waals surface area contributed by atoms with E-state index in [1.165, 1.54) is 16.6 Å². The molecule has 2 N–H and O–H groups in total. The van der Waals surface area contributed by atoms with E-state index in [9.17, 15) is 0 Å². The molecule has 0 amide bonds. The summed E-state index contributed by atoms with van der Waals surface area (Å²) in [7, 11) is -0.505. The Hall–Kier alpha value is -2.44. The van der Waals surface area contributed by atoms with Crippen LogP contribution in [0.2, 0.25) is 6.82 Å². The van der Waals surface area contributed by atoms with Gasteiger partial charge in [0.15, 0.2) is 0 Å². The standard InChI is InChI=1S/C24H27BN3P/c1-20-6-8-23(9-7-20)18-28(19-29(3)26)25(2)24-14-12-21(13-15-24)10-11-22-5-4-16-27-17-22/h4-9,12-17H,18-19,26H2,1-3H3. The maximum Gasteiger partial charge on any atom is 0.254 e. The summed E-state index contributed by atoms with van der Waals surface area (Å²) in [4.78, 5) is 6.56. The van der Waals surface area contributed by atoms with Gasteiger partial charge in [-0.2, -0.15) is 0 Å². The summed E-state index contributed by atoms with van der Waals surface area (Å²) in [6.45, 7) is 7.68. The Morgan fingerprint density at radius 1 is 1.00 bits per heavy atom. The fraction of sp³-hybridized carbons (Fsp3) is 0.208. The highest BCUT2D eigenvalue weighted by Gasteiger charge is 2.21. The van der Waals surface area contributed by atoms with Crippen LogP contribution in [0.5, 0.6) is 0 Å². The lowest BCUT2D eigenvalue weighted by molar-refractivity contribution is 0.501. The SMILES string of the molecule is CB(c1ccc(C#Cc2cccnc2)cc1)N(Cc1ccc(C)cc1)CP(C)N. The highest BCUT2D eigenvalue weighted by Crippen LogP contribution is 2.23. The van der Waals surface area contributed by atoms with Gasteiger partial charge < -0.3 is 10.3 Å². The van der Waals surface area contributed by atoms with Crippen molar-refractivity contribution < 1.29 is 0 Å². The van der Waals surface area contributed by atoms with Crippen molar-refractivity contribution in [3.63, 3.8) is 0 Å². The molecule has 3 nitrogen and oxygen atoms in total. The average Bonchev–Trinajstić information content (AvgIpc) is 2.74. The summed E-state index contributed by atoms with van der Waals surface area (Å²) in [5.41, 5.74) is 12.0. The molecule has 0 aliphatic rings. The maximum absolute atomic E-state index is 6.21. The second-order valence-corrected chi connectivity index (χ2v) is 9.22. The van der Waals surface area contributed by atoms with Crippen molar-refractivity contribution in [1.82, 2.24) is 9.79 Å². The molecule has 5 heteroatoms. The van der Waals surface area contributed by atoms with Gasteiger partial charge in [-0.3, -0.25) is 4.98 Å². The Kier molecular flexibility index (Phi) is 7.61. The van der Waals surface area contributed by atoms with Crippen LogP contribution in [0.25, 0.3) is 0 Å². The summed E-state index contributed by atoms with van der Waals surface area (Å²) >= 11 is 0. The zero-order chi connectivity index (χ0) is 20.6. The first-order chi connectivity index (χ1) is 14.0. The molecule has 0 spiro atoms. The number of nitrogens with two attached hydrogens (primary N) is 1. The van der Waals surface area contributed by atoms with E-state index in [-0.39, 0.29) is 6.85 Å². The summed E-state index contributed by atoms with van der Waals surface area (Å²) in [6, 6.07) is 21.2. The van der Waals surface area contributed by atoms with E-state index in [2.05, 4.69) is 90.6 Å². The largest absolute Gasteiger partial charge is 0.329 e. The van der Waals surface area contributed by atoms with Crippen molar-refractivity contribution in [3.8, 4) is 11.8 Å². The molecule has 0 saturated carbocycles. The van der Waals surface area contributed by atoms with E-state index in [0.717, 1.165) is 24.0 Å². The van der Waals surface area contributed by atoms with Crippen LogP contribution in [0.4, 0.5) is 0 Å². The van der Waals surface area contributed by atoms with E-state index in [1.54, 1.807) is 12.4 Å². The van der Waals surface area contributed by atoms with E-state index in [4.69, 9.17) is 5.50 Å². The summed E-state index contributed by atoms with van der Waals surface area (Å²) in [5, 5.41) is 0. The summed E-state index contributed by atoms with van der Waals surface area (Å²) < 4.78 is 0. The van der Waals surface area contributed by atoms with Crippen LogP contribution in [-0.4, -0.2) is 29.6 Å². The Morgan fingerprint density at radius 3 is 2.31 bits per heavy atom. The molecular weight excluding hydrogens is 372 g/mol. The van der Waals surface area contributed by atoms with Crippen LogP contribution in [0.3, 0.4) is 0 Å². The number of aromatic nitrogens is 1. The third-order valence-corrected chi connectivity index (χ3v) is 5.67. The topological polar surface area (TPSA) is 42.2 Å². The van der Waals surface area contributed by atoms with Gasteiger partial charge >= 0.3 is 0 Å². The third-order valence-electron chi connectivity index (χ3n) is 4.86. The number of nitrogens with zero attached hydrogens (tertiary/aromatic N) is 2. The van der Waals surface area contributed by atoms with Crippen LogP contribution in [0, 0.1) is 18.8 Å². The molecule has 3 aromatic rings. The molecule has 0 bridgehead atoms. The summed E-state index contributed by atoms with van der Waals surface area (Å²) in [6.07, 6.45) is 4.45. The normalized spacial score (nSPS) is 11.6. The smallest absolute Gasteiger partial charge is 0.254 e. The van der Waals surface area contributed by atoms with Gasteiger partial charge in [0.25, 0.3) is 6.85 Å².